The van der Waals surface area contributed by atoms with Crippen molar-refractivity contribution in [1.29, 1.82) is 0 Å². The van der Waals surface area contributed by atoms with Gasteiger partial charge in [-0.25, -0.2) is 13.1 Å². The van der Waals surface area contributed by atoms with E-state index in [1.54, 1.807) is 48.5 Å². The predicted molar refractivity (Wildman–Crippen MR) is 117 cm³/mol. The molecule has 0 aliphatic rings. The number of sulfonamides is 1. The highest BCUT2D eigenvalue weighted by atomic mass is 35.5. The van der Waals surface area contributed by atoms with Gasteiger partial charge in [0.05, 0.1) is 12.4 Å². The molecule has 0 unspecified atom stereocenters. The molecule has 0 radical (unpaired) electrons. The standard InChI is InChI=1S/C21H27ClN2O4S/c1-16(2)14-23-29(26,27)15-17-5-3-6-19(13-17)24-21(25)7-4-12-28-20-10-8-18(22)9-11-20/h3,5-6,8-11,13,16,23H,4,7,12,14-15H2,1-2H3,(H,24,25). The van der Waals surface area contributed by atoms with Crippen molar-refractivity contribution in [1.82, 2.24) is 4.72 Å². The van der Waals surface area contributed by atoms with Crippen LogP contribution in [0.2, 0.25) is 5.02 Å². The summed E-state index contributed by atoms with van der Waals surface area (Å²) >= 11 is 5.82. The van der Waals surface area contributed by atoms with Gasteiger partial charge >= 0.3 is 0 Å². The molecular formula is C21H27ClN2O4S. The Hall–Kier alpha value is -2.09. The molecule has 0 saturated heterocycles. The van der Waals surface area contributed by atoms with E-state index in [1.807, 2.05) is 13.8 Å². The van der Waals surface area contributed by atoms with E-state index in [2.05, 4.69) is 10.0 Å². The monoisotopic (exact) mass is 438 g/mol. The number of anilines is 1. The summed E-state index contributed by atoms with van der Waals surface area (Å²) in [5, 5.41) is 3.44. The second kappa shape index (κ2) is 11.2. The van der Waals surface area contributed by atoms with Gasteiger partial charge in [-0.1, -0.05) is 37.6 Å². The van der Waals surface area contributed by atoms with Crippen LogP contribution in [0.3, 0.4) is 0 Å². The first kappa shape index (κ1) is 23.2. The van der Waals surface area contributed by atoms with E-state index in [-0.39, 0.29) is 17.6 Å². The average molecular weight is 439 g/mol. The fourth-order valence-electron chi connectivity index (χ4n) is 2.48. The number of hydrogen-bond donors (Lipinski definition) is 2. The Labute approximate surface area is 177 Å². The zero-order chi connectivity index (χ0) is 21.3. The lowest BCUT2D eigenvalue weighted by Gasteiger charge is -2.10. The van der Waals surface area contributed by atoms with Crippen LogP contribution in [0.25, 0.3) is 0 Å². The van der Waals surface area contributed by atoms with E-state index in [0.717, 1.165) is 0 Å². The molecule has 2 aromatic rings. The minimum absolute atomic E-state index is 0.127. The molecule has 0 saturated carbocycles. The molecular weight excluding hydrogens is 412 g/mol. The third-order valence-corrected chi connectivity index (χ3v) is 5.48. The fraction of sp³-hybridized carbons (Fsp3) is 0.381. The van der Waals surface area contributed by atoms with Crippen molar-refractivity contribution < 1.29 is 17.9 Å². The molecule has 2 rings (SSSR count). The lowest BCUT2D eigenvalue weighted by Crippen LogP contribution is -2.28. The quantitative estimate of drug-likeness (QED) is 0.514. The Morgan fingerprint density at radius 3 is 2.55 bits per heavy atom. The van der Waals surface area contributed by atoms with Crippen molar-refractivity contribution >= 4 is 33.2 Å². The van der Waals surface area contributed by atoms with Gasteiger partial charge in [0.2, 0.25) is 15.9 Å². The first-order chi connectivity index (χ1) is 13.7. The molecule has 0 spiro atoms. The van der Waals surface area contributed by atoms with Crippen LogP contribution in [0.5, 0.6) is 5.75 Å². The molecule has 0 heterocycles. The van der Waals surface area contributed by atoms with Crippen LogP contribution < -0.4 is 14.8 Å². The zero-order valence-electron chi connectivity index (χ0n) is 16.7. The van der Waals surface area contributed by atoms with Crippen molar-refractivity contribution in [2.45, 2.75) is 32.4 Å². The first-order valence-corrected chi connectivity index (χ1v) is 11.5. The van der Waals surface area contributed by atoms with Crippen molar-refractivity contribution in [3.05, 3.63) is 59.1 Å². The minimum Gasteiger partial charge on any atom is -0.494 e. The van der Waals surface area contributed by atoms with Crippen LogP contribution in [0, 0.1) is 5.92 Å². The number of rotatable bonds is 11. The maximum Gasteiger partial charge on any atom is 0.224 e. The maximum absolute atomic E-state index is 12.1. The van der Waals surface area contributed by atoms with Gasteiger partial charge in [0.25, 0.3) is 0 Å². The second-order valence-corrected chi connectivity index (χ2v) is 9.40. The van der Waals surface area contributed by atoms with Gasteiger partial charge in [-0.2, -0.15) is 0 Å². The van der Waals surface area contributed by atoms with Crippen molar-refractivity contribution in [2.75, 3.05) is 18.5 Å². The highest BCUT2D eigenvalue weighted by molar-refractivity contribution is 7.88. The number of nitrogens with one attached hydrogen (secondary N) is 2. The zero-order valence-corrected chi connectivity index (χ0v) is 18.2. The fourth-order valence-corrected chi connectivity index (χ4v) is 3.91. The van der Waals surface area contributed by atoms with Crippen LogP contribution in [0.15, 0.2) is 48.5 Å². The molecule has 0 aliphatic carbocycles. The summed E-state index contributed by atoms with van der Waals surface area (Å²) in [5.74, 6) is 0.662. The number of benzene rings is 2. The summed E-state index contributed by atoms with van der Waals surface area (Å²) in [7, 11) is -3.41. The summed E-state index contributed by atoms with van der Waals surface area (Å²) in [6.07, 6.45) is 0.855. The molecule has 6 nitrogen and oxygen atoms in total. The average Bonchev–Trinajstić information content (AvgIpc) is 2.65. The Morgan fingerprint density at radius 1 is 1.14 bits per heavy atom. The van der Waals surface area contributed by atoms with Gasteiger partial charge in [0, 0.05) is 23.7 Å². The number of halogens is 1. The third kappa shape index (κ3) is 9.30. The molecule has 2 aromatic carbocycles. The van der Waals surface area contributed by atoms with Gasteiger partial charge < -0.3 is 10.1 Å². The molecule has 0 aliphatic heterocycles. The van der Waals surface area contributed by atoms with Gasteiger partial charge in [-0.05, 0) is 54.3 Å². The molecule has 29 heavy (non-hydrogen) atoms. The lowest BCUT2D eigenvalue weighted by atomic mass is 10.2. The minimum atomic E-state index is -3.41. The Morgan fingerprint density at radius 2 is 1.86 bits per heavy atom. The molecule has 8 heteroatoms. The Bertz CT molecular complexity index is 899. The Kier molecular flexibility index (Phi) is 8.95. The van der Waals surface area contributed by atoms with Gasteiger partial charge in [-0.15, -0.1) is 0 Å². The van der Waals surface area contributed by atoms with E-state index < -0.39 is 10.0 Å². The number of amides is 1. The highest BCUT2D eigenvalue weighted by Crippen LogP contribution is 2.16. The summed E-state index contributed by atoms with van der Waals surface area (Å²) in [6.45, 7) is 4.70. The Balaban J connectivity index is 1.78. The highest BCUT2D eigenvalue weighted by Gasteiger charge is 2.12. The van der Waals surface area contributed by atoms with Crippen LogP contribution in [-0.2, 0) is 20.6 Å². The van der Waals surface area contributed by atoms with E-state index in [9.17, 15) is 13.2 Å². The molecule has 158 valence electrons. The van der Waals surface area contributed by atoms with E-state index >= 15 is 0 Å². The van der Waals surface area contributed by atoms with Gasteiger partial charge in [-0.3, -0.25) is 4.79 Å². The first-order valence-electron chi connectivity index (χ1n) is 9.48. The third-order valence-electron chi connectivity index (χ3n) is 3.91. The normalized spacial score (nSPS) is 11.4. The molecule has 0 atom stereocenters. The van der Waals surface area contributed by atoms with E-state index in [4.69, 9.17) is 16.3 Å². The van der Waals surface area contributed by atoms with Crippen molar-refractivity contribution in [3.8, 4) is 5.75 Å². The van der Waals surface area contributed by atoms with Crippen LogP contribution in [0.1, 0.15) is 32.3 Å². The largest absolute Gasteiger partial charge is 0.494 e. The summed E-state index contributed by atoms with van der Waals surface area (Å²) in [5.41, 5.74) is 1.19. The molecule has 2 N–H and O–H groups in total. The number of ether oxygens (including phenoxy) is 1. The predicted octanol–water partition coefficient (Wildman–Crippen LogP) is 4.21. The SMILES string of the molecule is CC(C)CNS(=O)(=O)Cc1cccc(NC(=O)CCCOc2ccc(Cl)cc2)c1. The molecule has 0 aromatic heterocycles. The van der Waals surface area contributed by atoms with E-state index in [0.29, 0.717) is 48.0 Å². The van der Waals surface area contributed by atoms with Crippen LogP contribution in [0.4, 0.5) is 5.69 Å². The van der Waals surface area contributed by atoms with Gasteiger partial charge in [0.15, 0.2) is 0 Å². The van der Waals surface area contributed by atoms with Gasteiger partial charge in [0.1, 0.15) is 5.75 Å². The summed E-state index contributed by atoms with van der Waals surface area (Å²) in [4.78, 5) is 12.1. The number of hydrogen-bond acceptors (Lipinski definition) is 4. The van der Waals surface area contributed by atoms with E-state index in [1.165, 1.54) is 0 Å². The molecule has 0 bridgehead atoms. The smallest absolute Gasteiger partial charge is 0.224 e. The number of carbonyl (C=O) groups excluding carboxylic acids is 1. The second-order valence-electron chi connectivity index (χ2n) is 7.16. The van der Waals surface area contributed by atoms with Crippen LogP contribution >= 0.6 is 11.6 Å². The summed E-state index contributed by atoms with van der Waals surface area (Å²) in [6, 6.07) is 13.9. The summed E-state index contributed by atoms with van der Waals surface area (Å²) < 4.78 is 32.4. The molecule has 1 amide bonds. The van der Waals surface area contributed by atoms with Crippen molar-refractivity contribution in [2.24, 2.45) is 5.92 Å². The number of carbonyl (C=O) groups is 1. The van der Waals surface area contributed by atoms with Crippen LogP contribution in [-0.4, -0.2) is 27.5 Å². The maximum atomic E-state index is 12.1. The van der Waals surface area contributed by atoms with Crippen molar-refractivity contribution in [3.63, 3.8) is 0 Å². The molecule has 0 fully saturated rings. The lowest BCUT2D eigenvalue weighted by molar-refractivity contribution is -0.116. The topological polar surface area (TPSA) is 84.5 Å².